The Hall–Kier alpha value is -2.46. The minimum atomic E-state index is -0.00541. The van der Waals surface area contributed by atoms with Gasteiger partial charge >= 0.3 is 0 Å². The number of rotatable bonds is 8. The predicted molar refractivity (Wildman–Crippen MR) is 113 cm³/mol. The van der Waals surface area contributed by atoms with Crippen molar-refractivity contribution in [1.82, 2.24) is 4.90 Å². The molecule has 2 aromatic carbocycles. The van der Waals surface area contributed by atoms with Crippen molar-refractivity contribution in [3.05, 3.63) is 64.7 Å². The van der Waals surface area contributed by atoms with Gasteiger partial charge in [0.15, 0.2) is 11.5 Å². The van der Waals surface area contributed by atoms with E-state index in [0.29, 0.717) is 29.0 Å². The Labute approximate surface area is 171 Å². The number of ether oxygens (including phenoxy) is 2. The van der Waals surface area contributed by atoms with Crippen LogP contribution in [0.5, 0.6) is 11.5 Å². The van der Waals surface area contributed by atoms with Crippen molar-refractivity contribution in [3.8, 4) is 11.5 Å². The molecule has 1 atom stereocenters. The summed E-state index contributed by atoms with van der Waals surface area (Å²) in [5.74, 6) is 1.61. The molecule has 2 aromatic rings. The molecule has 1 unspecified atom stereocenters. The summed E-state index contributed by atoms with van der Waals surface area (Å²) in [5, 5.41) is 0.446. The van der Waals surface area contributed by atoms with Crippen molar-refractivity contribution in [2.24, 2.45) is 5.92 Å². The van der Waals surface area contributed by atoms with Crippen molar-refractivity contribution in [3.63, 3.8) is 0 Å². The van der Waals surface area contributed by atoms with E-state index in [2.05, 4.69) is 19.1 Å². The summed E-state index contributed by atoms with van der Waals surface area (Å²) in [4.78, 5) is 15.0. The standard InChI is InChI=1S/C23H26ClNO3/c1-16(19-10-11-19)25(15-17-7-5-4-6-8-17)22(26)12-9-18-13-20(24)23(28-3)21(14-18)27-2/h4-9,12-14,16,19H,10-11,15H2,1-3H3/b12-9+. The minimum absolute atomic E-state index is 0.00541. The van der Waals surface area contributed by atoms with Gasteiger partial charge in [0.25, 0.3) is 0 Å². The van der Waals surface area contributed by atoms with E-state index in [9.17, 15) is 4.79 Å². The van der Waals surface area contributed by atoms with Crippen LogP contribution in [-0.4, -0.2) is 31.1 Å². The van der Waals surface area contributed by atoms with Crippen LogP contribution in [0.3, 0.4) is 0 Å². The van der Waals surface area contributed by atoms with Gasteiger partial charge in [-0.15, -0.1) is 0 Å². The lowest BCUT2D eigenvalue weighted by Gasteiger charge is -2.28. The number of methoxy groups -OCH3 is 2. The number of amides is 1. The van der Waals surface area contributed by atoms with Crippen LogP contribution in [0, 0.1) is 5.92 Å². The van der Waals surface area contributed by atoms with E-state index in [-0.39, 0.29) is 11.9 Å². The first-order chi connectivity index (χ1) is 13.5. The molecule has 148 valence electrons. The highest BCUT2D eigenvalue weighted by atomic mass is 35.5. The van der Waals surface area contributed by atoms with Crippen molar-refractivity contribution < 1.29 is 14.3 Å². The Morgan fingerprint density at radius 2 is 1.93 bits per heavy atom. The third-order valence-corrected chi connectivity index (χ3v) is 5.43. The van der Waals surface area contributed by atoms with Crippen LogP contribution in [0.1, 0.15) is 30.9 Å². The Bertz CT molecular complexity index is 846. The van der Waals surface area contributed by atoms with Crippen LogP contribution in [-0.2, 0) is 11.3 Å². The maximum absolute atomic E-state index is 13.0. The zero-order chi connectivity index (χ0) is 20.1. The van der Waals surface area contributed by atoms with Crippen LogP contribution in [0.15, 0.2) is 48.5 Å². The predicted octanol–water partition coefficient (Wildman–Crippen LogP) is 5.20. The van der Waals surface area contributed by atoms with Gasteiger partial charge in [-0.1, -0.05) is 41.9 Å². The van der Waals surface area contributed by atoms with Crippen molar-refractivity contribution in [2.45, 2.75) is 32.4 Å². The third-order valence-electron chi connectivity index (χ3n) is 5.15. The second kappa shape index (κ2) is 9.16. The van der Waals surface area contributed by atoms with E-state index in [1.54, 1.807) is 38.5 Å². The van der Waals surface area contributed by atoms with E-state index >= 15 is 0 Å². The third kappa shape index (κ3) is 4.87. The SMILES string of the molecule is COc1cc(/C=C/C(=O)N(Cc2ccccc2)C(C)C2CC2)cc(Cl)c1OC. The van der Waals surface area contributed by atoms with Gasteiger partial charge in [-0.25, -0.2) is 0 Å². The van der Waals surface area contributed by atoms with Crippen LogP contribution < -0.4 is 9.47 Å². The number of carbonyl (C=O) groups is 1. The second-order valence-electron chi connectivity index (χ2n) is 7.10. The molecule has 0 N–H and O–H groups in total. The summed E-state index contributed by atoms with van der Waals surface area (Å²) in [6.07, 6.45) is 5.76. The molecule has 1 aliphatic carbocycles. The molecule has 5 heteroatoms. The molecule has 0 saturated heterocycles. The summed E-state index contributed by atoms with van der Waals surface area (Å²) in [6, 6.07) is 13.9. The lowest BCUT2D eigenvalue weighted by molar-refractivity contribution is -0.129. The molecule has 1 saturated carbocycles. The van der Waals surface area contributed by atoms with Crippen molar-refractivity contribution >= 4 is 23.6 Å². The van der Waals surface area contributed by atoms with E-state index in [1.165, 1.54) is 12.8 Å². The first-order valence-corrected chi connectivity index (χ1v) is 9.85. The van der Waals surface area contributed by atoms with Crippen LogP contribution in [0.2, 0.25) is 5.02 Å². The molecular weight excluding hydrogens is 374 g/mol. The summed E-state index contributed by atoms with van der Waals surface area (Å²) in [6.45, 7) is 2.74. The molecular formula is C23H26ClNO3. The van der Waals surface area contributed by atoms with E-state index in [0.717, 1.165) is 11.1 Å². The van der Waals surface area contributed by atoms with Gasteiger partial charge in [-0.2, -0.15) is 0 Å². The van der Waals surface area contributed by atoms with Crippen LogP contribution in [0.4, 0.5) is 0 Å². The van der Waals surface area contributed by atoms with Gasteiger partial charge in [-0.3, -0.25) is 4.79 Å². The van der Waals surface area contributed by atoms with Crippen LogP contribution in [0.25, 0.3) is 6.08 Å². The zero-order valence-electron chi connectivity index (χ0n) is 16.5. The van der Waals surface area contributed by atoms with Gasteiger partial charge < -0.3 is 14.4 Å². The fourth-order valence-corrected chi connectivity index (χ4v) is 3.63. The molecule has 1 aliphatic rings. The summed E-state index contributed by atoms with van der Waals surface area (Å²) >= 11 is 6.26. The highest BCUT2D eigenvalue weighted by Gasteiger charge is 2.33. The monoisotopic (exact) mass is 399 g/mol. The lowest BCUT2D eigenvalue weighted by atomic mass is 10.1. The largest absolute Gasteiger partial charge is 0.493 e. The number of halogens is 1. The average molecular weight is 400 g/mol. The van der Waals surface area contributed by atoms with Crippen molar-refractivity contribution in [2.75, 3.05) is 14.2 Å². The molecule has 0 heterocycles. The molecule has 0 bridgehead atoms. The first kappa shape index (κ1) is 20.3. The fourth-order valence-electron chi connectivity index (χ4n) is 3.33. The Morgan fingerprint density at radius 1 is 1.21 bits per heavy atom. The molecule has 28 heavy (non-hydrogen) atoms. The summed E-state index contributed by atoms with van der Waals surface area (Å²) in [7, 11) is 3.11. The van der Waals surface area contributed by atoms with E-state index in [4.69, 9.17) is 21.1 Å². The van der Waals surface area contributed by atoms with Gasteiger partial charge in [0.1, 0.15) is 0 Å². The molecule has 3 rings (SSSR count). The maximum Gasteiger partial charge on any atom is 0.247 e. The molecule has 0 aromatic heterocycles. The summed E-state index contributed by atoms with van der Waals surface area (Å²) in [5.41, 5.74) is 1.92. The highest BCUT2D eigenvalue weighted by Crippen LogP contribution is 2.37. The Balaban J connectivity index is 1.80. The Morgan fingerprint density at radius 3 is 2.54 bits per heavy atom. The minimum Gasteiger partial charge on any atom is -0.493 e. The molecule has 4 nitrogen and oxygen atoms in total. The molecule has 0 spiro atoms. The van der Waals surface area contributed by atoms with Gasteiger partial charge in [-0.05, 0) is 55.0 Å². The molecule has 0 aliphatic heterocycles. The normalized spacial score (nSPS) is 14.7. The number of hydrogen-bond acceptors (Lipinski definition) is 3. The number of carbonyl (C=O) groups excluding carboxylic acids is 1. The zero-order valence-corrected chi connectivity index (χ0v) is 17.3. The van der Waals surface area contributed by atoms with Crippen LogP contribution >= 0.6 is 11.6 Å². The maximum atomic E-state index is 13.0. The number of nitrogens with zero attached hydrogens (tertiary/aromatic N) is 1. The van der Waals surface area contributed by atoms with Gasteiger partial charge in [0.2, 0.25) is 5.91 Å². The lowest BCUT2D eigenvalue weighted by Crippen LogP contribution is -2.38. The smallest absolute Gasteiger partial charge is 0.247 e. The van der Waals surface area contributed by atoms with E-state index < -0.39 is 0 Å². The van der Waals surface area contributed by atoms with Gasteiger partial charge in [0, 0.05) is 18.7 Å². The van der Waals surface area contributed by atoms with Gasteiger partial charge in [0.05, 0.1) is 19.2 Å². The first-order valence-electron chi connectivity index (χ1n) is 9.47. The molecule has 0 radical (unpaired) electrons. The average Bonchev–Trinajstić information content (AvgIpc) is 3.55. The quantitative estimate of drug-likeness (QED) is 0.573. The molecule has 1 amide bonds. The number of benzene rings is 2. The number of hydrogen-bond donors (Lipinski definition) is 0. The highest BCUT2D eigenvalue weighted by molar-refractivity contribution is 6.32. The fraction of sp³-hybridized carbons (Fsp3) is 0.348. The Kier molecular flexibility index (Phi) is 6.63. The summed E-state index contributed by atoms with van der Waals surface area (Å²) < 4.78 is 10.6. The molecule has 1 fully saturated rings. The van der Waals surface area contributed by atoms with Crippen molar-refractivity contribution in [1.29, 1.82) is 0 Å². The topological polar surface area (TPSA) is 38.8 Å². The second-order valence-corrected chi connectivity index (χ2v) is 7.51. The van der Waals surface area contributed by atoms with E-state index in [1.807, 2.05) is 23.1 Å².